The van der Waals surface area contributed by atoms with Gasteiger partial charge in [-0.3, -0.25) is 15.0 Å². The van der Waals surface area contributed by atoms with Gasteiger partial charge in [-0.25, -0.2) is 4.98 Å². The molecule has 2 aromatic heterocycles. The van der Waals surface area contributed by atoms with Crippen LogP contribution in [-0.2, 0) is 6.54 Å². The monoisotopic (exact) mass is 395 g/mol. The molecule has 5 nitrogen and oxygen atoms in total. The second kappa shape index (κ2) is 8.59. The van der Waals surface area contributed by atoms with E-state index in [1.165, 1.54) is 44.2 Å². The Morgan fingerprint density at radius 3 is 2.33 bits per heavy atom. The number of nitrogens with zero attached hydrogens (tertiary/aromatic N) is 4. The number of aromatic amines is 1. The summed E-state index contributed by atoms with van der Waals surface area (Å²) >= 11 is 0. The van der Waals surface area contributed by atoms with Gasteiger partial charge in [-0.05, 0) is 43.1 Å². The zero-order valence-corrected chi connectivity index (χ0v) is 17.0. The highest BCUT2D eigenvalue weighted by Crippen LogP contribution is 2.33. The topological polar surface area (TPSA) is 57.7 Å². The van der Waals surface area contributed by atoms with Gasteiger partial charge in [-0.1, -0.05) is 61.0 Å². The van der Waals surface area contributed by atoms with Gasteiger partial charge in [0, 0.05) is 29.4 Å². The van der Waals surface area contributed by atoms with E-state index in [2.05, 4.69) is 74.7 Å². The molecule has 0 aliphatic carbocycles. The van der Waals surface area contributed by atoms with Gasteiger partial charge in [0.05, 0.1) is 5.69 Å². The fraction of sp³-hybridized carbons (Fsp3) is 0.240. The smallest absolute Gasteiger partial charge is 0.157 e. The Labute approximate surface area is 176 Å². The first-order chi connectivity index (χ1) is 14.9. The molecule has 1 saturated heterocycles. The van der Waals surface area contributed by atoms with Crippen molar-refractivity contribution >= 4 is 0 Å². The Morgan fingerprint density at radius 1 is 0.800 bits per heavy atom. The second-order valence-electron chi connectivity index (χ2n) is 7.85. The fourth-order valence-electron chi connectivity index (χ4n) is 4.15. The first kappa shape index (κ1) is 18.7. The molecule has 150 valence electrons. The van der Waals surface area contributed by atoms with Crippen LogP contribution in [0.15, 0.2) is 73.2 Å². The number of rotatable bonds is 5. The van der Waals surface area contributed by atoms with E-state index in [9.17, 15) is 0 Å². The van der Waals surface area contributed by atoms with E-state index < -0.39 is 0 Å². The maximum Gasteiger partial charge on any atom is 0.157 e. The minimum Gasteiger partial charge on any atom is -0.299 e. The number of hydrogen-bond donors (Lipinski definition) is 1. The zero-order chi connectivity index (χ0) is 20.2. The molecular formula is C25H25N5. The number of pyridine rings is 1. The van der Waals surface area contributed by atoms with E-state index >= 15 is 0 Å². The largest absolute Gasteiger partial charge is 0.299 e. The van der Waals surface area contributed by atoms with Gasteiger partial charge >= 0.3 is 0 Å². The second-order valence-corrected chi connectivity index (χ2v) is 7.85. The summed E-state index contributed by atoms with van der Waals surface area (Å²) in [6.45, 7) is 3.46. The normalized spacial score (nSPS) is 14.7. The number of likely N-dealkylation sites (tertiary alicyclic amines) is 1. The van der Waals surface area contributed by atoms with Crippen molar-refractivity contribution in [3.8, 4) is 33.8 Å². The maximum absolute atomic E-state index is 4.83. The molecule has 0 bridgehead atoms. The SMILES string of the molecule is c1ccc(-c2cc(-c3ncn[nH]3)cnc2-c2ccc(CN3CCCCC3)cc2)cc1. The van der Waals surface area contributed by atoms with Gasteiger partial charge < -0.3 is 0 Å². The van der Waals surface area contributed by atoms with Crippen LogP contribution in [0.2, 0.25) is 0 Å². The van der Waals surface area contributed by atoms with Crippen molar-refractivity contribution in [3.05, 3.63) is 78.8 Å². The lowest BCUT2D eigenvalue weighted by molar-refractivity contribution is 0.221. The van der Waals surface area contributed by atoms with Crippen molar-refractivity contribution in [2.75, 3.05) is 13.1 Å². The first-order valence-electron chi connectivity index (χ1n) is 10.6. The molecule has 1 aliphatic rings. The summed E-state index contributed by atoms with van der Waals surface area (Å²) in [6.07, 6.45) is 7.39. The molecule has 1 N–H and O–H groups in total. The van der Waals surface area contributed by atoms with Crippen molar-refractivity contribution in [1.29, 1.82) is 0 Å². The van der Waals surface area contributed by atoms with Crippen LogP contribution < -0.4 is 0 Å². The predicted molar refractivity (Wildman–Crippen MR) is 120 cm³/mol. The molecule has 0 radical (unpaired) electrons. The molecule has 2 aromatic carbocycles. The number of nitrogens with one attached hydrogen (secondary N) is 1. The van der Waals surface area contributed by atoms with Crippen LogP contribution in [0.25, 0.3) is 33.8 Å². The number of benzene rings is 2. The molecule has 1 fully saturated rings. The summed E-state index contributed by atoms with van der Waals surface area (Å²) in [6, 6.07) is 21.4. The minimum atomic E-state index is 0.725. The Balaban J connectivity index is 1.48. The molecule has 5 rings (SSSR count). The Morgan fingerprint density at radius 2 is 1.60 bits per heavy atom. The van der Waals surface area contributed by atoms with E-state index in [1.807, 2.05) is 12.3 Å². The summed E-state index contributed by atoms with van der Waals surface area (Å²) in [5, 5.41) is 6.90. The van der Waals surface area contributed by atoms with Gasteiger partial charge in [-0.15, -0.1) is 0 Å². The molecule has 30 heavy (non-hydrogen) atoms. The van der Waals surface area contributed by atoms with Gasteiger partial charge in [0.25, 0.3) is 0 Å². The van der Waals surface area contributed by atoms with Gasteiger partial charge in [-0.2, -0.15) is 5.10 Å². The molecule has 0 atom stereocenters. The van der Waals surface area contributed by atoms with Gasteiger partial charge in [0.1, 0.15) is 6.33 Å². The molecule has 5 heteroatoms. The number of piperidine rings is 1. The van der Waals surface area contributed by atoms with E-state index in [0.29, 0.717) is 0 Å². The van der Waals surface area contributed by atoms with Crippen LogP contribution in [0.1, 0.15) is 24.8 Å². The molecule has 4 aromatic rings. The molecule has 0 amide bonds. The van der Waals surface area contributed by atoms with Crippen LogP contribution >= 0.6 is 0 Å². The molecule has 0 saturated carbocycles. The van der Waals surface area contributed by atoms with Crippen molar-refractivity contribution in [2.24, 2.45) is 0 Å². The summed E-state index contributed by atoms with van der Waals surface area (Å²) in [5.41, 5.74) is 6.62. The third kappa shape index (κ3) is 4.02. The highest BCUT2D eigenvalue weighted by Gasteiger charge is 2.14. The zero-order valence-electron chi connectivity index (χ0n) is 17.0. The summed E-state index contributed by atoms with van der Waals surface area (Å²) in [7, 11) is 0. The molecule has 3 heterocycles. The molecule has 1 aliphatic heterocycles. The van der Waals surface area contributed by atoms with E-state index in [0.717, 1.165) is 40.3 Å². The molecular weight excluding hydrogens is 370 g/mol. The van der Waals surface area contributed by atoms with E-state index in [4.69, 9.17) is 4.98 Å². The van der Waals surface area contributed by atoms with Crippen LogP contribution in [0, 0.1) is 0 Å². The lowest BCUT2D eigenvalue weighted by atomic mass is 9.97. The third-order valence-electron chi connectivity index (χ3n) is 5.74. The standard InChI is InChI=1S/C25H25N5/c1-3-7-20(8-4-1)23-15-22(25-27-18-28-29-25)16-26-24(23)21-11-9-19(10-12-21)17-30-13-5-2-6-14-30/h1,3-4,7-12,15-16,18H,2,5-6,13-14,17H2,(H,27,28,29). The van der Waals surface area contributed by atoms with Crippen LogP contribution in [0.3, 0.4) is 0 Å². The fourth-order valence-corrected chi connectivity index (χ4v) is 4.15. The Hall–Kier alpha value is -3.31. The van der Waals surface area contributed by atoms with E-state index in [-0.39, 0.29) is 0 Å². The lowest BCUT2D eigenvalue weighted by Crippen LogP contribution is -2.28. The number of hydrogen-bond acceptors (Lipinski definition) is 4. The van der Waals surface area contributed by atoms with Crippen molar-refractivity contribution in [1.82, 2.24) is 25.1 Å². The Bertz CT molecular complexity index is 1080. The quantitative estimate of drug-likeness (QED) is 0.505. The average molecular weight is 396 g/mol. The average Bonchev–Trinajstić information content (AvgIpc) is 3.36. The number of aromatic nitrogens is 4. The highest BCUT2D eigenvalue weighted by molar-refractivity contribution is 5.83. The van der Waals surface area contributed by atoms with Crippen LogP contribution in [0.5, 0.6) is 0 Å². The predicted octanol–water partition coefficient (Wildman–Crippen LogP) is 5.19. The molecule has 0 unspecified atom stereocenters. The maximum atomic E-state index is 4.83. The van der Waals surface area contributed by atoms with Crippen LogP contribution in [-0.4, -0.2) is 38.2 Å². The number of H-pyrrole nitrogens is 1. The molecule has 0 spiro atoms. The minimum absolute atomic E-state index is 0.725. The summed E-state index contributed by atoms with van der Waals surface area (Å²) in [5.74, 6) is 0.725. The van der Waals surface area contributed by atoms with Crippen molar-refractivity contribution in [3.63, 3.8) is 0 Å². The third-order valence-corrected chi connectivity index (χ3v) is 5.74. The van der Waals surface area contributed by atoms with Crippen LogP contribution in [0.4, 0.5) is 0 Å². The van der Waals surface area contributed by atoms with Crippen molar-refractivity contribution < 1.29 is 0 Å². The first-order valence-corrected chi connectivity index (χ1v) is 10.6. The van der Waals surface area contributed by atoms with Crippen molar-refractivity contribution in [2.45, 2.75) is 25.8 Å². The lowest BCUT2D eigenvalue weighted by Gasteiger charge is -2.26. The van der Waals surface area contributed by atoms with Gasteiger partial charge in [0.15, 0.2) is 5.82 Å². The summed E-state index contributed by atoms with van der Waals surface area (Å²) < 4.78 is 0. The van der Waals surface area contributed by atoms with E-state index in [1.54, 1.807) is 0 Å². The Kier molecular flexibility index (Phi) is 5.36. The summed E-state index contributed by atoms with van der Waals surface area (Å²) in [4.78, 5) is 11.7. The van der Waals surface area contributed by atoms with Gasteiger partial charge in [0.2, 0.25) is 0 Å². The highest BCUT2D eigenvalue weighted by atomic mass is 15.2.